The number of piperazine rings is 1. The summed E-state index contributed by atoms with van der Waals surface area (Å²) >= 11 is 0. The maximum atomic E-state index is 12.9. The van der Waals surface area contributed by atoms with E-state index in [4.69, 9.17) is 0 Å². The normalized spacial score (nSPS) is 15.2. The maximum absolute atomic E-state index is 12.9. The van der Waals surface area contributed by atoms with Crippen LogP contribution in [0.2, 0.25) is 0 Å². The first-order chi connectivity index (χ1) is 13.7. The molecule has 1 amide bonds. The van der Waals surface area contributed by atoms with Crippen molar-refractivity contribution in [2.45, 2.75) is 4.90 Å². The van der Waals surface area contributed by atoms with E-state index in [0.29, 0.717) is 5.56 Å². The Labute approximate surface area is 169 Å². The van der Waals surface area contributed by atoms with E-state index in [1.807, 2.05) is 31.1 Å². The monoisotopic (exact) mass is 418 g/mol. The van der Waals surface area contributed by atoms with Gasteiger partial charge in [-0.15, -0.1) is 0 Å². The second-order valence-electron chi connectivity index (χ2n) is 6.86. The van der Waals surface area contributed by atoms with Crippen LogP contribution in [0.4, 0.5) is 11.4 Å². The summed E-state index contributed by atoms with van der Waals surface area (Å²) in [5.41, 5.74) is 1.06. The molecule has 1 fully saturated rings. The fourth-order valence-corrected chi connectivity index (χ4v) is 4.76. The van der Waals surface area contributed by atoms with Crippen LogP contribution in [0.5, 0.6) is 0 Å². The average molecular weight is 418 g/mol. The maximum Gasteiger partial charge on any atom is 0.289 e. The summed E-state index contributed by atoms with van der Waals surface area (Å²) < 4.78 is 26.9. The van der Waals surface area contributed by atoms with Crippen LogP contribution in [0, 0.1) is 10.1 Å². The molecule has 10 heteroatoms. The molecule has 9 nitrogen and oxygen atoms in total. The Bertz CT molecular complexity index is 1010. The van der Waals surface area contributed by atoms with Gasteiger partial charge in [-0.2, -0.15) is 4.31 Å². The summed E-state index contributed by atoms with van der Waals surface area (Å²) in [5, 5.41) is 11.2. The molecule has 1 aliphatic heterocycles. The molecule has 2 aromatic carbocycles. The molecular formula is C19H22N4O5S. The number of carbonyl (C=O) groups is 1. The molecular weight excluding hydrogens is 396 g/mol. The molecule has 1 saturated heterocycles. The molecule has 0 spiro atoms. The number of nitro benzene ring substituents is 1. The molecule has 0 aliphatic carbocycles. The van der Waals surface area contributed by atoms with Gasteiger partial charge in [0.2, 0.25) is 10.0 Å². The first kappa shape index (κ1) is 20.7. The topological polar surface area (TPSA) is 104 Å². The number of carbonyl (C=O) groups excluding carboxylic acids is 1. The smallest absolute Gasteiger partial charge is 0.289 e. The highest BCUT2D eigenvalue weighted by Gasteiger charge is 2.34. The molecule has 0 atom stereocenters. The van der Waals surface area contributed by atoms with Crippen LogP contribution in [0.3, 0.4) is 0 Å². The average Bonchev–Trinajstić information content (AvgIpc) is 2.73. The van der Waals surface area contributed by atoms with Crippen LogP contribution >= 0.6 is 0 Å². The lowest BCUT2D eigenvalue weighted by Crippen LogP contribution is -2.50. The Kier molecular flexibility index (Phi) is 5.85. The van der Waals surface area contributed by atoms with E-state index in [2.05, 4.69) is 0 Å². The first-order valence-electron chi connectivity index (χ1n) is 9.02. The zero-order chi connectivity index (χ0) is 21.2. The molecule has 0 aromatic heterocycles. The van der Waals surface area contributed by atoms with Crippen molar-refractivity contribution < 1.29 is 18.1 Å². The van der Waals surface area contributed by atoms with E-state index in [-0.39, 0.29) is 37.0 Å². The fraction of sp³-hybridized carbons (Fsp3) is 0.316. The van der Waals surface area contributed by atoms with Crippen LogP contribution in [-0.2, 0) is 10.0 Å². The molecule has 1 aliphatic rings. The van der Waals surface area contributed by atoms with Crippen molar-refractivity contribution in [3.8, 4) is 0 Å². The van der Waals surface area contributed by atoms with Gasteiger partial charge in [-0.25, -0.2) is 8.42 Å². The minimum atomic E-state index is -4.02. The number of sulfonamides is 1. The third kappa shape index (κ3) is 4.22. The number of hydrogen-bond acceptors (Lipinski definition) is 6. The Morgan fingerprint density at radius 1 is 1.00 bits per heavy atom. The molecule has 0 unspecified atom stereocenters. The molecule has 0 radical (unpaired) electrons. The third-order valence-corrected chi connectivity index (χ3v) is 6.78. The second kappa shape index (κ2) is 8.18. The van der Waals surface area contributed by atoms with E-state index in [1.165, 1.54) is 28.6 Å². The molecule has 0 N–H and O–H groups in total. The highest BCUT2D eigenvalue weighted by Crippen LogP contribution is 2.27. The zero-order valence-corrected chi connectivity index (χ0v) is 17.0. The Balaban J connectivity index is 1.71. The molecule has 2 aromatic rings. The summed E-state index contributed by atoms with van der Waals surface area (Å²) in [6.45, 7) is 0.591. The minimum Gasteiger partial charge on any atom is -0.378 e. The van der Waals surface area contributed by atoms with Crippen molar-refractivity contribution in [3.63, 3.8) is 0 Å². The summed E-state index contributed by atoms with van der Waals surface area (Å²) in [5.74, 6) is -0.168. The minimum absolute atomic E-state index is 0.0793. The van der Waals surface area contributed by atoms with Crippen molar-refractivity contribution in [2.24, 2.45) is 0 Å². The van der Waals surface area contributed by atoms with Crippen LogP contribution in [-0.4, -0.2) is 68.7 Å². The fourth-order valence-electron chi connectivity index (χ4n) is 3.18. The lowest BCUT2D eigenvalue weighted by molar-refractivity contribution is -0.387. The van der Waals surface area contributed by atoms with Gasteiger partial charge in [-0.3, -0.25) is 14.9 Å². The largest absolute Gasteiger partial charge is 0.378 e. The lowest BCUT2D eigenvalue weighted by atomic mass is 10.1. The number of rotatable bonds is 5. The number of nitrogens with zero attached hydrogens (tertiary/aromatic N) is 4. The number of benzene rings is 2. The van der Waals surface area contributed by atoms with Crippen LogP contribution in [0.1, 0.15) is 10.4 Å². The zero-order valence-electron chi connectivity index (χ0n) is 16.2. The highest BCUT2D eigenvalue weighted by molar-refractivity contribution is 7.89. The van der Waals surface area contributed by atoms with Gasteiger partial charge in [0.15, 0.2) is 4.90 Å². The van der Waals surface area contributed by atoms with E-state index in [1.54, 1.807) is 17.0 Å². The van der Waals surface area contributed by atoms with E-state index < -0.39 is 20.6 Å². The standard InChI is InChI=1S/C19H22N4O5S/c1-20(2)16-9-7-15(8-10-16)19(24)21-11-13-22(14-12-21)29(27,28)18-6-4-3-5-17(18)23(25)26/h3-10H,11-14H2,1-2H3. The predicted molar refractivity (Wildman–Crippen MR) is 109 cm³/mol. The molecule has 3 rings (SSSR count). The number of anilines is 1. The van der Waals surface area contributed by atoms with Crippen molar-refractivity contribution in [2.75, 3.05) is 45.2 Å². The SMILES string of the molecule is CN(C)c1ccc(C(=O)N2CCN(S(=O)(=O)c3ccccc3[N+](=O)[O-])CC2)cc1. The van der Waals surface area contributed by atoms with Gasteiger partial charge in [-0.05, 0) is 30.3 Å². The van der Waals surface area contributed by atoms with Gasteiger partial charge in [0.05, 0.1) is 4.92 Å². The van der Waals surface area contributed by atoms with Gasteiger partial charge in [-0.1, -0.05) is 12.1 Å². The van der Waals surface area contributed by atoms with Gasteiger partial charge >= 0.3 is 0 Å². The number of amides is 1. The van der Waals surface area contributed by atoms with Crippen molar-refractivity contribution >= 4 is 27.3 Å². The number of nitro groups is 1. The van der Waals surface area contributed by atoms with Crippen LogP contribution < -0.4 is 4.90 Å². The van der Waals surface area contributed by atoms with E-state index >= 15 is 0 Å². The molecule has 1 heterocycles. The van der Waals surface area contributed by atoms with Crippen LogP contribution in [0.25, 0.3) is 0 Å². The van der Waals surface area contributed by atoms with Gasteiger partial charge in [0, 0.05) is 57.6 Å². The van der Waals surface area contributed by atoms with Crippen molar-refractivity contribution in [1.29, 1.82) is 0 Å². The molecule has 29 heavy (non-hydrogen) atoms. The Morgan fingerprint density at radius 3 is 2.14 bits per heavy atom. The van der Waals surface area contributed by atoms with Crippen molar-refractivity contribution in [1.82, 2.24) is 9.21 Å². The Hall–Kier alpha value is -2.98. The van der Waals surface area contributed by atoms with E-state index in [0.717, 1.165) is 5.69 Å². The summed E-state index contributed by atoms with van der Waals surface area (Å²) in [7, 11) is -0.198. The van der Waals surface area contributed by atoms with Gasteiger partial charge < -0.3 is 9.80 Å². The van der Waals surface area contributed by atoms with Crippen molar-refractivity contribution in [3.05, 3.63) is 64.2 Å². The van der Waals surface area contributed by atoms with Crippen LogP contribution in [0.15, 0.2) is 53.4 Å². The lowest BCUT2D eigenvalue weighted by Gasteiger charge is -2.34. The summed E-state index contributed by atoms with van der Waals surface area (Å²) in [6, 6.07) is 12.5. The number of para-hydroxylation sites is 1. The molecule has 0 saturated carbocycles. The van der Waals surface area contributed by atoms with Gasteiger partial charge in [0.1, 0.15) is 0 Å². The molecule has 0 bridgehead atoms. The third-order valence-electron chi connectivity index (χ3n) is 4.84. The Morgan fingerprint density at radius 2 is 1.59 bits per heavy atom. The highest BCUT2D eigenvalue weighted by atomic mass is 32.2. The predicted octanol–water partition coefficient (Wildman–Crippen LogP) is 1.81. The quantitative estimate of drug-likeness (QED) is 0.542. The van der Waals surface area contributed by atoms with Gasteiger partial charge in [0.25, 0.3) is 11.6 Å². The summed E-state index contributed by atoms with van der Waals surface area (Å²) in [4.78, 5) is 26.4. The van der Waals surface area contributed by atoms with E-state index in [9.17, 15) is 23.3 Å². The second-order valence-corrected chi connectivity index (χ2v) is 8.77. The summed E-state index contributed by atoms with van der Waals surface area (Å²) in [6.07, 6.45) is 0. The first-order valence-corrected chi connectivity index (χ1v) is 10.5. The molecule has 154 valence electrons. The number of hydrogen-bond donors (Lipinski definition) is 0.